The topological polar surface area (TPSA) is 152 Å². The van der Waals surface area contributed by atoms with E-state index >= 15 is 0 Å². The van der Waals surface area contributed by atoms with Crippen LogP contribution in [-0.2, 0) is 24.6 Å². The summed E-state index contributed by atoms with van der Waals surface area (Å²) in [4.78, 5) is 51.3. The first-order valence-corrected chi connectivity index (χ1v) is 15.2. The molecule has 47 heavy (non-hydrogen) atoms. The van der Waals surface area contributed by atoms with Crippen LogP contribution in [0.2, 0.25) is 10.0 Å². The van der Waals surface area contributed by atoms with Crippen LogP contribution in [0.15, 0.2) is 35.4 Å². The highest BCUT2D eigenvalue weighted by atomic mass is 35.5. The first-order chi connectivity index (χ1) is 22.0. The minimum Gasteiger partial charge on any atom is -0.506 e. The van der Waals surface area contributed by atoms with E-state index in [1.54, 1.807) is 6.07 Å². The van der Waals surface area contributed by atoms with Crippen LogP contribution in [-0.4, -0.2) is 72.6 Å². The minimum atomic E-state index is -5.00. The van der Waals surface area contributed by atoms with Gasteiger partial charge in [-0.3, -0.25) is 23.9 Å². The van der Waals surface area contributed by atoms with E-state index in [9.17, 15) is 32.7 Å². The zero-order valence-electron chi connectivity index (χ0n) is 25.7. The molecule has 1 fully saturated rings. The molecule has 12 nitrogen and oxygen atoms in total. The summed E-state index contributed by atoms with van der Waals surface area (Å²) in [5.41, 5.74) is 3.75. The fourth-order valence-corrected chi connectivity index (χ4v) is 6.04. The molecule has 5 rings (SSSR count). The van der Waals surface area contributed by atoms with Gasteiger partial charge in [-0.15, -0.1) is 0 Å². The molecule has 2 amide bonds. The van der Waals surface area contributed by atoms with Crippen molar-refractivity contribution in [1.82, 2.24) is 24.0 Å². The summed E-state index contributed by atoms with van der Waals surface area (Å²) in [5, 5.41) is 12.4. The van der Waals surface area contributed by atoms with Gasteiger partial charge in [0.2, 0.25) is 11.7 Å². The third-order valence-corrected chi connectivity index (χ3v) is 8.69. The number of primary amides is 1. The number of rotatable bonds is 7. The van der Waals surface area contributed by atoms with Crippen molar-refractivity contribution in [2.45, 2.75) is 45.6 Å². The van der Waals surface area contributed by atoms with E-state index in [2.05, 4.69) is 45.9 Å². The van der Waals surface area contributed by atoms with Crippen LogP contribution in [0.4, 0.5) is 24.7 Å². The largest absolute Gasteiger partial charge is 0.506 e. The van der Waals surface area contributed by atoms with Gasteiger partial charge >= 0.3 is 6.18 Å². The lowest BCUT2D eigenvalue weighted by Gasteiger charge is -2.42. The highest BCUT2D eigenvalue weighted by molar-refractivity contribution is 6.34. The van der Waals surface area contributed by atoms with Crippen molar-refractivity contribution in [1.29, 1.82) is 0 Å². The van der Waals surface area contributed by atoms with E-state index in [4.69, 9.17) is 28.9 Å². The zero-order valence-corrected chi connectivity index (χ0v) is 27.2. The predicted molar refractivity (Wildman–Crippen MR) is 172 cm³/mol. The molecule has 1 aromatic carbocycles. The van der Waals surface area contributed by atoms with E-state index in [-0.39, 0.29) is 43.9 Å². The number of amides is 2. The number of halogens is 5. The number of fused-ring (bicyclic) bond motifs is 1. The number of pyridine rings is 1. The van der Waals surface area contributed by atoms with Crippen LogP contribution in [0.1, 0.15) is 37.0 Å². The van der Waals surface area contributed by atoms with Gasteiger partial charge in [0, 0.05) is 56.6 Å². The number of alkyl halides is 3. The molecule has 0 radical (unpaired) electrons. The van der Waals surface area contributed by atoms with Crippen LogP contribution in [0, 0.1) is 0 Å². The number of carbonyl (C=O) groups excluding carboxylic acids is 2. The lowest BCUT2D eigenvalue weighted by molar-refractivity contribution is -0.147. The maximum absolute atomic E-state index is 13.9. The van der Waals surface area contributed by atoms with Gasteiger partial charge in [0.15, 0.2) is 0 Å². The van der Waals surface area contributed by atoms with Crippen molar-refractivity contribution in [2.24, 2.45) is 12.8 Å². The maximum atomic E-state index is 13.9. The number of hydrogen-bond donors (Lipinski definition) is 3. The second-order valence-electron chi connectivity index (χ2n) is 11.6. The predicted octanol–water partition coefficient (Wildman–Crippen LogP) is 4.48. The van der Waals surface area contributed by atoms with Gasteiger partial charge in [-0.25, -0.2) is 9.97 Å². The fourth-order valence-electron chi connectivity index (χ4n) is 5.67. The Balaban J connectivity index is 1.54. The van der Waals surface area contributed by atoms with Crippen molar-refractivity contribution in [3.05, 3.63) is 62.4 Å². The number of piperazine rings is 1. The van der Waals surface area contributed by atoms with Crippen molar-refractivity contribution in [3.8, 4) is 16.9 Å². The lowest BCUT2D eigenvalue weighted by atomic mass is 10.0. The Bertz CT molecular complexity index is 1960. The molecule has 4 N–H and O–H groups in total. The summed E-state index contributed by atoms with van der Waals surface area (Å²) >= 11 is 12.5. The lowest BCUT2D eigenvalue weighted by Crippen LogP contribution is -2.54. The minimum absolute atomic E-state index is 0.00205. The monoisotopic (exact) mass is 694 g/mol. The second kappa shape index (κ2) is 12.7. The molecule has 0 unspecified atom stereocenters. The van der Waals surface area contributed by atoms with Crippen molar-refractivity contribution in [2.75, 3.05) is 29.9 Å². The van der Waals surface area contributed by atoms with Gasteiger partial charge in [0.05, 0.1) is 32.9 Å². The number of phenols is 1. The number of hydrogen-bond acceptors (Lipinski definition) is 8. The third-order valence-electron chi connectivity index (χ3n) is 8.10. The molecule has 0 saturated carbocycles. The van der Waals surface area contributed by atoms with E-state index < -0.39 is 47.3 Å². The summed E-state index contributed by atoms with van der Waals surface area (Å²) < 4.78 is 43.1. The zero-order chi connectivity index (χ0) is 34.5. The SMILES string of the molecule is CC(C)N1CCN(c2cc(NC(=O)Cn3cc(-c4cc(Cl)c(O)c(C(N)=O)c4)c4c(=O)n(C)c(C(F)(F)F)nc43)c(Cl)cn2)[C@@H](C)C1. The Kier molecular flexibility index (Phi) is 9.18. The number of aromatic hydroxyl groups is 1. The molecule has 1 aliphatic rings. The highest BCUT2D eigenvalue weighted by Crippen LogP contribution is 2.37. The van der Waals surface area contributed by atoms with Gasteiger partial charge in [-0.1, -0.05) is 23.2 Å². The van der Waals surface area contributed by atoms with Crippen LogP contribution < -0.4 is 21.5 Å². The number of aromatic nitrogens is 4. The average molecular weight is 696 g/mol. The van der Waals surface area contributed by atoms with Crippen LogP contribution >= 0.6 is 23.2 Å². The van der Waals surface area contributed by atoms with Crippen LogP contribution in [0.5, 0.6) is 5.75 Å². The number of nitrogens with one attached hydrogen (secondary N) is 1. The second-order valence-corrected chi connectivity index (χ2v) is 12.4. The van der Waals surface area contributed by atoms with Crippen LogP contribution in [0.3, 0.4) is 0 Å². The van der Waals surface area contributed by atoms with E-state index in [1.807, 2.05) is 0 Å². The van der Waals surface area contributed by atoms with E-state index in [0.29, 0.717) is 23.0 Å². The summed E-state index contributed by atoms with van der Waals surface area (Å²) in [5.74, 6) is -3.24. The summed E-state index contributed by atoms with van der Waals surface area (Å²) in [6, 6.07) is 4.48. The van der Waals surface area contributed by atoms with Crippen molar-refractivity contribution in [3.63, 3.8) is 0 Å². The Labute approximate surface area is 276 Å². The number of anilines is 2. The smallest absolute Gasteiger partial charge is 0.449 e. The standard InChI is InChI=1S/C30H31Cl2F3N8O4/c1-14(2)41-5-6-43(15(3)11-41)22-9-21(20(32)10-37-22)38-23(44)13-42-12-18(16-7-17(26(36)46)25(45)19(31)8-16)24-27(42)39-29(30(33,34)35)40(4)28(24)47/h7-10,12,14-15,45H,5-6,11,13H2,1-4H3,(H2,36,46)(H,37,38,44)/t15-/m0/s1. The number of carbonyl (C=O) groups is 2. The van der Waals surface area contributed by atoms with Gasteiger partial charge in [-0.05, 0) is 38.5 Å². The molecule has 1 saturated heterocycles. The first kappa shape index (κ1) is 34.0. The molecule has 1 aliphatic heterocycles. The fraction of sp³-hybridized carbons (Fsp3) is 0.367. The Morgan fingerprint density at radius 1 is 1.17 bits per heavy atom. The molecule has 1 atom stereocenters. The van der Waals surface area contributed by atoms with Gasteiger partial charge in [-0.2, -0.15) is 13.2 Å². The van der Waals surface area contributed by atoms with Gasteiger partial charge < -0.3 is 25.6 Å². The average Bonchev–Trinajstić information content (AvgIpc) is 3.34. The quantitative estimate of drug-likeness (QED) is 0.256. The first-order valence-electron chi connectivity index (χ1n) is 14.4. The number of benzene rings is 1. The molecule has 250 valence electrons. The number of nitrogens with zero attached hydrogens (tertiary/aromatic N) is 6. The molecule has 4 aromatic rings. The Morgan fingerprint density at radius 3 is 2.49 bits per heavy atom. The van der Waals surface area contributed by atoms with Crippen molar-refractivity contribution >= 4 is 57.6 Å². The maximum Gasteiger partial charge on any atom is 0.449 e. The third kappa shape index (κ3) is 6.60. The Hall–Kier alpha value is -4.34. The molecular weight excluding hydrogens is 664 g/mol. The molecule has 3 aromatic heterocycles. The summed E-state index contributed by atoms with van der Waals surface area (Å²) in [6.45, 7) is 8.06. The molecule has 0 spiro atoms. The van der Waals surface area contributed by atoms with Gasteiger partial charge in [0.25, 0.3) is 11.5 Å². The molecular formula is C30H31Cl2F3N8O4. The molecule has 0 bridgehead atoms. The number of nitrogens with two attached hydrogens (primary N) is 1. The van der Waals surface area contributed by atoms with Gasteiger partial charge in [0.1, 0.15) is 23.8 Å². The summed E-state index contributed by atoms with van der Waals surface area (Å²) in [7, 11) is 0.913. The van der Waals surface area contributed by atoms with Crippen LogP contribution in [0.25, 0.3) is 22.2 Å². The summed E-state index contributed by atoms with van der Waals surface area (Å²) in [6.07, 6.45) is -2.36. The Morgan fingerprint density at radius 2 is 1.87 bits per heavy atom. The van der Waals surface area contributed by atoms with Crippen molar-refractivity contribution < 1.29 is 27.9 Å². The highest BCUT2D eigenvalue weighted by Gasteiger charge is 2.37. The van der Waals surface area contributed by atoms with E-state index in [1.165, 1.54) is 18.5 Å². The van der Waals surface area contributed by atoms with E-state index in [0.717, 1.165) is 30.8 Å². The molecule has 17 heteroatoms. The molecule has 4 heterocycles. The molecule has 0 aliphatic carbocycles. The normalized spacial score (nSPS) is 15.9.